The molecule has 3 aromatic carbocycles. The quantitative estimate of drug-likeness (QED) is 0.244. The maximum atomic E-state index is 13.5. The first-order chi connectivity index (χ1) is 20.5. The Kier molecular flexibility index (Phi) is 8.18. The third-order valence-electron chi connectivity index (χ3n) is 7.92. The van der Waals surface area contributed by atoms with Crippen molar-refractivity contribution < 1.29 is 14.3 Å². The highest BCUT2D eigenvalue weighted by Gasteiger charge is 2.29. The molecule has 1 atom stereocenters. The van der Waals surface area contributed by atoms with Gasteiger partial charge in [-0.05, 0) is 86.3 Å². The fourth-order valence-electron chi connectivity index (χ4n) is 5.51. The molecular formula is C32H37N7O3. The van der Waals surface area contributed by atoms with Crippen LogP contribution in [0.1, 0.15) is 58.0 Å². The molecule has 3 aliphatic heterocycles. The second-order valence-electron chi connectivity index (χ2n) is 11.0. The fourth-order valence-corrected chi connectivity index (χ4v) is 5.51. The summed E-state index contributed by atoms with van der Waals surface area (Å²) in [6.07, 6.45) is 2.64. The first-order valence-electron chi connectivity index (χ1n) is 14.6. The van der Waals surface area contributed by atoms with Crippen molar-refractivity contribution in [2.45, 2.75) is 38.1 Å². The van der Waals surface area contributed by atoms with Gasteiger partial charge in [0, 0.05) is 54.4 Å². The lowest BCUT2D eigenvalue weighted by Crippen LogP contribution is -2.42. The number of amides is 2. The largest absolute Gasteiger partial charge is 0.368 e. The van der Waals surface area contributed by atoms with Crippen LogP contribution in [0.2, 0.25) is 0 Å². The second-order valence-corrected chi connectivity index (χ2v) is 11.0. The summed E-state index contributed by atoms with van der Waals surface area (Å²) in [7, 11) is 0. The second kappa shape index (κ2) is 12.3. The fraction of sp³-hybridized carbons (Fsp3) is 0.344. The van der Waals surface area contributed by atoms with E-state index in [0.717, 1.165) is 62.4 Å². The normalized spacial score (nSPS) is 19.5. The van der Waals surface area contributed by atoms with Gasteiger partial charge in [-0.25, -0.2) is 0 Å². The molecule has 0 aromatic heterocycles. The molecule has 0 spiro atoms. The summed E-state index contributed by atoms with van der Waals surface area (Å²) in [6, 6.07) is 20.5. The van der Waals surface area contributed by atoms with Crippen molar-refractivity contribution in [2.24, 2.45) is 4.99 Å². The van der Waals surface area contributed by atoms with E-state index in [-0.39, 0.29) is 23.7 Å². The van der Waals surface area contributed by atoms with Gasteiger partial charge in [-0.3, -0.25) is 25.2 Å². The zero-order valence-electron chi connectivity index (χ0n) is 23.8. The number of hydrogen-bond donors (Lipinski definition) is 6. The van der Waals surface area contributed by atoms with Crippen molar-refractivity contribution in [3.8, 4) is 0 Å². The highest BCUT2D eigenvalue weighted by atomic mass is 16.5. The van der Waals surface area contributed by atoms with Crippen LogP contribution in [0.5, 0.6) is 0 Å². The van der Waals surface area contributed by atoms with Crippen LogP contribution in [0.25, 0.3) is 0 Å². The molecule has 0 radical (unpaired) electrons. The first-order valence-corrected chi connectivity index (χ1v) is 14.6. The molecule has 3 aromatic rings. The van der Waals surface area contributed by atoms with Crippen molar-refractivity contribution in [1.29, 1.82) is 0 Å². The van der Waals surface area contributed by atoms with Crippen molar-refractivity contribution in [1.82, 2.24) is 16.0 Å². The monoisotopic (exact) mass is 567 g/mol. The van der Waals surface area contributed by atoms with E-state index in [2.05, 4.69) is 43.8 Å². The molecule has 0 aliphatic carbocycles. The number of anilines is 3. The molecule has 3 heterocycles. The lowest BCUT2D eigenvalue weighted by atomic mass is 10.0. The maximum Gasteiger partial charge on any atom is 0.257 e. The van der Waals surface area contributed by atoms with E-state index in [1.165, 1.54) is 0 Å². The average Bonchev–Trinajstić information content (AvgIpc) is 3.72. The minimum Gasteiger partial charge on any atom is -0.368 e. The molecule has 2 fully saturated rings. The van der Waals surface area contributed by atoms with E-state index >= 15 is 0 Å². The van der Waals surface area contributed by atoms with Gasteiger partial charge in [0.1, 0.15) is 12.1 Å². The minimum absolute atomic E-state index is 0.227. The predicted octanol–water partition coefficient (Wildman–Crippen LogP) is 3.85. The highest BCUT2D eigenvalue weighted by Crippen LogP contribution is 2.26. The van der Waals surface area contributed by atoms with Gasteiger partial charge >= 0.3 is 0 Å². The van der Waals surface area contributed by atoms with E-state index < -0.39 is 0 Å². The molecule has 0 bridgehead atoms. The van der Waals surface area contributed by atoms with Gasteiger partial charge in [-0.2, -0.15) is 0 Å². The maximum absolute atomic E-state index is 13.5. The van der Waals surface area contributed by atoms with Crippen LogP contribution in [0.3, 0.4) is 0 Å². The number of carbonyl (C=O) groups excluding carboxylic acids is 2. The van der Waals surface area contributed by atoms with Crippen LogP contribution in [0.4, 0.5) is 17.1 Å². The van der Waals surface area contributed by atoms with Crippen LogP contribution >= 0.6 is 0 Å². The van der Waals surface area contributed by atoms with Crippen molar-refractivity contribution in [3.05, 3.63) is 89.0 Å². The molecule has 1 unspecified atom stereocenters. The number of rotatable bonds is 8. The number of hydrogen-bond acceptors (Lipinski definition) is 8. The summed E-state index contributed by atoms with van der Waals surface area (Å²) >= 11 is 0. The Morgan fingerprint density at radius 1 is 0.881 bits per heavy atom. The first kappa shape index (κ1) is 27.9. The lowest BCUT2D eigenvalue weighted by Gasteiger charge is -2.26. The van der Waals surface area contributed by atoms with E-state index in [1.807, 2.05) is 48.5 Å². The standard InChI is InChI=1S/C32H37N7O3/c1-32(35-17-18-36-32)23-8-12-25(13-9-23)38-31(41)26-14-7-22(20-27(26)39-28-4-2-3-19-42-28)30(40)37-24-10-5-21(6-11-24)29-33-15-16-34-29/h5-14,20,28,35-36,39H,2-4,15-19H2,1H3,(H,33,34)(H,37,40)(H,38,41). The molecule has 6 N–H and O–H groups in total. The summed E-state index contributed by atoms with van der Waals surface area (Å²) in [6.45, 7) is 6.19. The molecule has 10 heteroatoms. The molecule has 3 aliphatic rings. The van der Waals surface area contributed by atoms with Crippen LogP contribution in [0, 0.1) is 0 Å². The number of carbonyl (C=O) groups is 2. The Bertz CT molecular complexity index is 1460. The van der Waals surface area contributed by atoms with E-state index in [9.17, 15) is 9.59 Å². The zero-order chi connectivity index (χ0) is 28.9. The highest BCUT2D eigenvalue weighted by molar-refractivity contribution is 6.11. The summed E-state index contributed by atoms with van der Waals surface area (Å²) in [5.74, 6) is 0.336. The van der Waals surface area contributed by atoms with Gasteiger partial charge < -0.3 is 26.0 Å². The molecule has 42 heavy (non-hydrogen) atoms. The topological polar surface area (TPSA) is 128 Å². The molecule has 218 valence electrons. The van der Waals surface area contributed by atoms with E-state index in [1.54, 1.807) is 18.2 Å². The predicted molar refractivity (Wildman–Crippen MR) is 165 cm³/mol. The molecule has 10 nitrogen and oxygen atoms in total. The number of aliphatic imine (C=N–C) groups is 1. The molecular weight excluding hydrogens is 530 g/mol. The van der Waals surface area contributed by atoms with Gasteiger partial charge in [-0.15, -0.1) is 0 Å². The van der Waals surface area contributed by atoms with Crippen LogP contribution in [-0.2, 0) is 10.4 Å². The lowest BCUT2D eigenvalue weighted by molar-refractivity contribution is 0.0343. The van der Waals surface area contributed by atoms with Gasteiger partial charge in [0.05, 0.1) is 17.8 Å². The average molecular weight is 568 g/mol. The van der Waals surface area contributed by atoms with Crippen molar-refractivity contribution >= 4 is 34.7 Å². The molecule has 0 saturated carbocycles. The Morgan fingerprint density at radius 3 is 2.26 bits per heavy atom. The number of benzene rings is 3. The zero-order valence-corrected chi connectivity index (χ0v) is 23.8. The third-order valence-corrected chi connectivity index (χ3v) is 7.92. The van der Waals surface area contributed by atoms with Gasteiger partial charge in [0.25, 0.3) is 11.8 Å². The Hall–Kier alpha value is -4.25. The van der Waals surface area contributed by atoms with Crippen LogP contribution in [-0.4, -0.2) is 56.7 Å². The smallest absolute Gasteiger partial charge is 0.257 e. The minimum atomic E-state index is -0.278. The van der Waals surface area contributed by atoms with Gasteiger partial charge in [0.15, 0.2) is 0 Å². The number of nitrogens with zero attached hydrogens (tertiary/aromatic N) is 1. The van der Waals surface area contributed by atoms with E-state index in [0.29, 0.717) is 34.8 Å². The Morgan fingerprint density at radius 2 is 1.60 bits per heavy atom. The number of nitrogens with one attached hydrogen (secondary N) is 6. The van der Waals surface area contributed by atoms with Crippen molar-refractivity contribution in [3.63, 3.8) is 0 Å². The van der Waals surface area contributed by atoms with E-state index in [4.69, 9.17) is 4.74 Å². The summed E-state index contributed by atoms with van der Waals surface area (Å²) in [4.78, 5) is 31.1. The summed E-state index contributed by atoms with van der Waals surface area (Å²) in [5, 5.41) is 19.5. The SMILES string of the molecule is CC1(c2ccc(NC(=O)c3ccc(C(=O)Nc4ccc(C5=NCCN5)cc4)cc3NC3CCCCO3)cc2)NCCN1. The Labute approximate surface area is 245 Å². The molecule has 6 rings (SSSR count). The number of ether oxygens (including phenoxy) is 1. The Balaban J connectivity index is 1.18. The van der Waals surface area contributed by atoms with Gasteiger partial charge in [-0.1, -0.05) is 12.1 Å². The third kappa shape index (κ3) is 6.30. The van der Waals surface area contributed by atoms with Gasteiger partial charge in [0.2, 0.25) is 0 Å². The molecule has 2 amide bonds. The number of amidine groups is 1. The summed E-state index contributed by atoms with van der Waals surface area (Å²) in [5.41, 5.74) is 4.59. The van der Waals surface area contributed by atoms with Crippen molar-refractivity contribution in [2.75, 3.05) is 48.7 Å². The molecule has 2 saturated heterocycles. The summed E-state index contributed by atoms with van der Waals surface area (Å²) < 4.78 is 5.89. The van der Waals surface area contributed by atoms with Crippen LogP contribution < -0.4 is 31.9 Å². The van der Waals surface area contributed by atoms with Crippen LogP contribution in [0.15, 0.2) is 71.7 Å².